The molecule has 10 nitrogen and oxygen atoms in total. The number of ether oxygens (including phenoxy) is 3. The molecule has 30 heavy (non-hydrogen) atoms. The van der Waals surface area contributed by atoms with Crippen LogP contribution < -0.4 is 19.2 Å². The van der Waals surface area contributed by atoms with Crippen LogP contribution in [0.1, 0.15) is 15.9 Å². The van der Waals surface area contributed by atoms with Gasteiger partial charge in [0.15, 0.2) is 11.5 Å². The van der Waals surface area contributed by atoms with E-state index in [-0.39, 0.29) is 11.5 Å². The number of hydrogen-bond donors (Lipinski definition) is 1. The highest BCUT2D eigenvalue weighted by molar-refractivity contribution is 7.92. The summed E-state index contributed by atoms with van der Waals surface area (Å²) in [6, 6.07) is 10.7. The van der Waals surface area contributed by atoms with Gasteiger partial charge in [-0.05, 0) is 48.0 Å². The summed E-state index contributed by atoms with van der Waals surface area (Å²) in [6.07, 6.45) is 1.59. The first kappa shape index (κ1) is 22.7. The second-order valence-corrected chi connectivity index (χ2v) is 7.96. The van der Waals surface area contributed by atoms with Gasteiger partial charge in [0, 0.05) is 12.6 Å². The minimum absolute atomic E-state index is 0.171. The second kappa shape index (κ2) is 9.74. The molecule has 2 rings (SSSR count). The molecule has 0 aliphatic heterocycles. The Balaban J connectivity index is 2.04. The lowest BCUT2D eigenvalue weighted by atomic mass is 10.2. The molecular weight excluding hydrogens is 414 g/mol. The molecule has 0 saturated heterocycles. The molecule has 0 bridgehead atoms. The summed E-state index contributed by atoms with van der Waals surface area (Å²) < 4.78 is 38.7. The Morgan fingerprint density at radius 1 is 1.07 bits per heavy atom. The van der Waals surface area contributed by atoms with Crippen LogP contribution in [-0.4, -0.2) is 54.2 Å². The van der Waals surface area contributed by atoms with Gasteiger partial charge in [0.1, 0.15) is 0 Å². The maximum absolute atomic E-state index is 12.2. The number of amides is 1. The Morgan fingerprint density at radius 3 is 2.30 bits per heavy atom. The lowest BCUT2D eigenvalue weighted by Crippen LogP contribution is -2.25. The van der Waals surface area contributed by atoms with Crippen molar-refractivity contribution in [2.24, 2.45) is 5.10 Å². The molecule has 160 valence electrons. The van der Waals surface area contributed by atoms with Crippen LogP contribution in [0.5, 0.6) is 11.5 Å². The molecule has 1 amide bonds. The van der Waals surface area contributed by atoms with E-state index >= 15 is 0 Å². The number of benzene rings is 2. The molecular formula is C19H21N3O7S. The van der Waals surface area contributed by atoms with Gasteiger partial charge >= 0.3 is 6.16 Å². The minimum atomic E-state index is -3.39. The molecule has 0 saturated carbocycles. The van der Waals surface area contributed by atoms with Gasteiger partial charge in [0.2, 0.25) is 10.0 Å². The maximum Gasteiger partial charge on any atom is 0.513 e. The van der Waals surface area contributed by atoms with Crippen molar-refractivity contribution >= 4 is 34.0 Å². The molecule has 0 aromatic heterocycles. The molecule has 0 radical (unpaired) electrons. The number of nitrogens with one attached hydrogen (secondary N) is 1. The largest absolute Gasteiger partial charge is 0.513 e. The Morgan fingerprint density at radius 2 is 1.73 bits per heavy atom. The third-order valence-corrected chi connectivity index (χ3v) is 5.12. The van der Waals surface area contributed by atoms with Crippen molar-refractivity contribution in [1.82, 2.24) is 5.43 Å². The third kappa shape index (κ3) is 5.95. The summed E-state index contributed by atoms with van der Waals surface area (Å²) in [7, 11) is 0.635. The van der Waals surface area contributed by atoms with Crippen LogP contribution in [0.2, 0.25) is 0 Å². The Bertz CT molecular complexity index is 1050. The fourth-order valence-corrected chi connectivity index (χ4v) is 2.73. The molecule has 0 fully saturated rings. The van der Waals surface area contributed by atoms with Gasteiger partial charge in [-0.15, -0.1) is 0 Å². The number of hydrogen-bond acceptors (Lipinski definition) is 8. The second-order valence-electron chi connectivity index (χ2n) is 5.94. The molecule has 0 aliphatic carbocycles. The van der Waals surface area contributed by atoms with Gasteiger partial charge in [0.05, 0.1) is 32.4 Å². The number of sulfonamides is 1. The summed E-state index contributed by atoms with van der Waals surface area (Å²) in [6.45, 7) is 0. The number of nitrogens with zero attached hydrogens (tertiary/aromatic N) is 2. The van der Waals surface area contributed by atoms with E-state index in [0.29, 0.717) is 16.8 Å². The SMILES string of the molecule is COC(=O)Oc1ccc(/C=N\NC(=O)c2ccc(N(C)S(C)(=O)=O)cc2)cc1OC. The van der Waals surface area contributed by atoms with E-state index in [1.165, 1.54) is 57.8 Å². The lowest BCUT2D eigenvalue weighted by Gasteiger charge is -2.16. The van der Waals surface area contributed by atoms with Gasteiger partial charge in [0.25, 0.3) is 5.91 Å². The standard InChI is InChI=1S/C19H21N3O7S/c1-22(30(4,25)26)15-8-6-14(7-9-15)18(23)21-20-12-13-5-10-16(17(11-13)27-2)29-19(24)28-3/h5-12H,1-4H3,(H,21,23)/b20-12-. The van der Waals surface area contributed by atoms with Crippen LogP contribution >= 0.6 is 0 Å². The third-order valence-electron chi connectivity index (χ3n) is 3.92. The van der Waals surface area contributed by atoms with Crippen molar-refractivity contribution in [3.05, 3.63) is 53.6 Å². The molecule has 0 unspecified atom stereocenters. The first-order chi connectivity index (χ1) is 14.2. The van der Waals surface area contributed by atoms with Crippen LogP contribution in [0.4, 0.5) is 10.5 Å². The van der Waals surface area contributed by atoms with Gasteiger partial charge in [-0.25, -0.2) is 18.6 Å². The van der Waals surface area contributed by atoms with Crippen LogP contribution in [0.15, 0.2) is 47.6 Å². The van der Waals surface area contributed by atoms with Crippen molar-refractivity contribution in [3.8, 4) is 11.5 Å². The molecule has 0 aliphatic rings. The fraction of sp³-hybridized carbons (Fsp3) is 0.211. The van der Waals surface area contributed by atoms with Crippen molar-refractivity contribution in [1.29, 1.82) is 0 Å². The average Bonchev–Trinajstić information content (AvgIpc) is 2.73. The summed E-state index contributed by atoms with van der Waals surface area (Å²) in [4.78, 5) is 23.4. The van der Waals surface area contributed by atoms with Crippen molar-refractivity contribution < 1.29 is 32.2 Å². The zero-order chi connectivity index (χ0) is 22.3. The lowest BCUT2D eigenvalue weighted by molar-refractivity contribution is 0.0955. The normalized spacial score (nSPS) is 11.1. The van der Waals surface area contributed by atoms with E-state index in [0.717, 1.165) is 10.6 Å². The van der Waals surface area contributed by atoms with Gasteiger partial charge in [-0.2, -0.15) is 5.10 Å². The highest BCUT2D eigenvalue weighted by Gasteiger charge is 2.13. The van der Waals surface area contributed by atoms with E-state index in [1.807, 2.05) is 0 Å². The van der Waals surface area contributed by atoms with Crippen molar-refractivity contribution in [3.63, 3.8) is 0 Å². The number of carbonyl (C=O) groups excluding carboxylic acids is 2. The van der Waals surface area contributed by atoms with Gasteiger partial charge < -0.3 is 14.2 Å². The molecule has 2 aromatic rings. The maximum atomic E-state index is 12.2. The van der Waals surface area contributed by atoms with E-state index in [1.54, 1.807) is 12.1 Å². The number of anilines is 1. The molecule has 11 heteroatoms. The smallest absolute Gasteiger partial charge is 0.493 e. The topological polar surface area (TPSA) is 124 Å². The van der Waals surface area contributed by atoms with Crippen LogP contribution in [-0.2, 0) is 14.8 Å². The predicted octanol–water partition coefficient (Wildman–Crippen LogP) is 2.00. The quantitative estimate of drug-likeness (QED) is 0.305. The number of methoxy groups -OCH3 is 2. The molecule has 0 heterocycles. The monoisotopic (exact) mass is 435 g/mol. The molecule has 2 aromatic carbocycles. The summed E-state index contributed by atoms with van der Waals surface area (Å²) in [5, 5.41) is 3.88. The summed E-state index contributed by atoms with van der Waals surface area (Å²) >= 11 is 0. The van der Waals surface area contributed by atoms with E-state index < -0.39 is 22.1 Å². The molecule has 0 spiro atoms. The molecule has 0 atom stereocenters. The number of hydrazone groups is 1. The fourth-order valence-electron chi connectivity index (χ4n) is 2.22. The number of carbonyl (C=O) groups is 2. The highest BCUT2D eigenvalue weighted by Crippen LogP contribution is 2.27. The zero-order valence-electron chi connectivity index (χ0n) is 16.8. The van der Waals surface area contributed by atoms with Crippen molar-refractivity contribution in [2.75, 3.05) is 31.8 Å². The van der Waals surface area contributed by atoms with E-state index in [9.17, 15) is 18.0 Å². The number of rotatable bonds is 7. The first-order valence-corrected chi connectivity index (χ1v) is 10.3. The van der Waals surface area contributed by atoms with E-state index in [2.05, 4.69) is 15.3 Å². The Kier molecular flexibility index (Phi) is 7.37. The zero-order valence-corrected chi connectivity index (χ0v) is 17.6. The minimum Gasteiger partial charge on any atom is -0.493 e. The van der Waals surface area contributed by atoms with Crippen LogP contribution in [0.3, 0.4) is 0 Å². The predicted molar refractivity (Wildman–Crippen MR) is 111 cm³/mol. The van der Waals surface area contributed by atoms with Gasteiger partial charge in [-0.3, -0.25) is 9.10 Å². The average molecular weight is 435 g/mol. The van der Waals surface area contributed by atoms with Crippen LogP contribution in [0.25, 0.3) is 0 Å². The first-order valence-electron chi connectivity index (χ1n) is 8.47. The Labute approximate surface area is 174 Å². The van der Waals surface area contributed by atoms with Gasteiger partial charge in [-0.1, -0.05) is 0 Å². The van der Waals surface area contributed by atoms with E-state index in [4.69, 9.17) is 9.47 Å². The van der Waals surface area contributed by atoms with Crippen LogP contribution in [0, 0.1) is 0 Å². The summed E-state index contributed by atoms with van der Waals surface area (Å²) in [5.74, 6) is -0.0247. The Hall–Kier alpha value is -3.60. The van der Waals surface area contributed by atoms with Crippen molar-refractivity contribution in [2.45, 2.75) is 0 Å². The molecule has 1 N–H and O–H groups in total. The summed E-state index contributed by atoms with van der Waals surface area (Å²) in [5.41, 5.74) is 3.68. The highest BCUT2D eigenvalue weighted by atomic mass is 32.2.